The molecule has 0 bridgehead atoms. The maximum atomic E-state index is 5.71. The zero-order chi connectivity index (χ0) is 14.5. The third-order valence-electron chi connectivity index (χ3n) is 3.67. The van der Waals surface area contributed by atoms with Crippen LogP contribution in [0.15, 0.2) is 0 Å². The third-order valence-corrected chi connectivity index (χ3v) is 3.67. The van der Waals surface area contributed by atoms with E-state index in [-0.39, 0.29) is 0 Å². The number of hydrogen-bond acceptors (Lipinski definition) is 2. The summed E-state index contributed by atoms with van der Waals surface area (Å²) in [6.07, 6.45) is 13.7. The van der Waals surface area contributed by atoms with Crippen LogP contribution in [0, 0.1) is 0 Å². The van der Waals surface area contributed by atoms with E-state index in [1.807, 2.05) is 0 Å². The first-order valence-corrected chi connectivity index (χ1v) is 8.21. The van der Waals surface area contributed by atoms with E-state index in [0.29, 0.717) is 6.04 Å². The minimum atomic E-state index is 0.432. The van der Waals surface area contributed by atoms with Gasteiger partial charge in [-0.25, -0.2) is 0 Å². The number of nitrogens with zero attached hydrogens (tertiary/aromatic N) is 2. The highest BCUT2D eigenvalue weighted by Gasteiger charge is 2.14. The molecule has 0 aliphatic rings. The lowest BCUT2D eigenvalue weighted by Crippen LogP contribution is -2.44. The highest BCUT2D eigenvalue weighted by molar-refractivity contribution is 5.13. The lowest BCUT2D eigenvalue weighted by atomic mass is 10.1. The monoisotopic (exact) mass is 270 g/mol. The fourth-order valence-corrected chi connectivity index (χ4v) is 2.44. The summed E-state index contributed by atoms with van der Waals surface area (Å²) in [5.74, 6) is 5.71. The van der Waals surface area contributed by atoms with Gasteiger partial charge in [0.15, 0.2) is 6.72 Å². The van der Waals surface area contributed by atoms with E-state index < -0.39 is 0 Å². The second-order valence-corrected chi connectivity index (χ2v) is 5.88. The van der Waals surface area contributed by atoms with E-state index in [2.05, 4.69) is 32.5 Å². The molecule has 0 heterocycles. The van der Waals surface area contributed by atoms with Crippen molar-refractivity contribution < 1.29 is 4.79 Å². The van der Waals surface area contributed by atoms with E-state index in [0.717, 1.165) is 6.54 Å². The summed E-state index contributed by atoms with van der Waals surface area (Å²) in [6, 6.07) is 0.432. The summed E-state index contributed by atoms with van der Waals surface area (Å²) < 4.78 is 0. The van der Waals surface area contributed by atoms with Gasteiger partial charge in [0.1, 0.15) is 0 Å². The van der Waals surface area contributed by atoms with Crippen molar-refractivity contribution in [2.45, 2.75) is 91.0 Å². The molecule has 0 aliphatic carbocycles. The second kappa shape index (κ2) is 12.3. The van der Waals surface area contributed by atoms with Crippen molar-refractivity contribution in [3.05, 3.63) is 0 Å². The number of nitrogens with two attached hydrogens (primary N) is 1. The molecule has 0 unspecified atom stereocenters. The van der Waals surface area contributed by atoms with Crippen LogP contribution in [0.4, 0.5) is 0 Å². The Kier molecular flexibility index (Phi) is 11.8. The van der Waals surface area contributed by atoms with Gasteiger partial charge in [-0.15, -0.1) is 0 Å². The first kappa shape index (κ1) is 18.3. The van der Waals surface area contributed by atoms with E-state index in [1.54, 1.807) is 0 Å². The zero-order valence-electron chi connectivity index (χ0n) is 13.5. The number of hydrazine groups is 2. The number of hydrazone groups is 2. The van der Waals surface area contributed by atoms with Crippen molar-refractivity contribution in [2.75, 3.05) is 6.54 Å². The molecule has 0 aromatic heterocycles. The van der Waals surface area contributed by atoms with Crippen LogP contribution in [-0.4, -0.2) is 29.1 Å². The molecule has 0 aromatic rings. The molecule has 114 valence electrons. The number of hydrogen-bond donors (Lipinski definition) is 1. The van der Waals surface area contributed by atoms with Gasteiger partial charge < -0.3 is 0 Å². The summed E-state index contributed by atoms with van der Waals surface area (Å²) in [4.78, 5) is 1.48. The van der Waals surface area contributed by atoms with Crippen molar-refractivity contribution in [3.8, 4) is 0 Å². The molecule has 0 radical (unpaired) electrons. The van der Waals surface area contributed by atoms with Crippen LogP contribution in [0.3, 0.4) is 0 Å². The van der Waals surface area contributed by atoms with E-state index in [1.165, 1.54) is 69.0 Å². The molecule has 3 nitrogen and oxygen atoms in total. The average Bonchev–Trinajstić information content (AvgIpc) is 2.35. The highest BCUT2D eigenvalue weighted by Crippen LogP contribution is 2.11. The van der Waals surface area contributed by atoms with Gasteiger partial charge in [-0.05, 0) is 25.1 Å². The Hall–Kier alpha value is -0.730. The zero-order valence-corrected chi connectivity index (χ0v) is 13.5. The molecule has 0 aromatic carbocycles. The molecule has 0 amide bonds. The Morgan fingerprint density at radius 3 is 1.68 bits per heavy atom. The van der Waals surface area contributed by atoms with Gasteiger partial charge in [0, 0.05) is 0 Å². The van der Waals surface area contributed by atoms with E-state index in [9.17, 15) is 0 Å². The van der Waals surface area contributed by atoms with Crippen LogP contribution >= 0.6 is 0 Å². The molecule has 19 heavy (non-hydrogen) atoms. The number of unbranched alkanes of at least 4 members (excludes halogenated alkanes) is 9. The lowest BCUT2D eigenvalue weighted by Gasteiger charge is -2.20. The fourth-order valence-electron chi connectivity index (χ4n) is 2.44. The Balaban J connectivity index is 3.32. The lowest BCUT2D eigenvalue weighted by molar-refractivity contribution is -0.701. The van der Waals surface area contributed by atoms with Crippen LogP contribution < -0.4 is 5.84 Å². The summed E-state index contributed by atoms with van der Waals surface area (Å²) in [6.45, 7) is 11.4. The molecule has 0 saturated heterocycles. The SMILES string of the molecule is C=[N+](N)N(CCCCCCCCCCCC)C(C)C. The van der Waals surface area contributed by atoms with Crippen molar-refractivity contribution in [1.29, 1.82) is 0 Å². The maximum Gasteiger partial charge on any atom is 0.192 e. The standard InChI is InChI=1S/C16H36N3/c1-5-6-7-8-9-10-11-12-13-14-15-19(16(2)3)18(4)17/h16H,4-15,17H2,1-3H3/q+1. The van der Waals surface area contributed by atoms with Crippen molar-refractivity contribution in [2.24, 2.45) is 5.84 Å². The molecule has 0 fully saturated rings. The largest absolute Gasteiger partial charge is 0.192 e. The minimum absolute atomic E-state index is 0.432. The van der Waals surface area contributed by atoms with Crippen LogP contribution in [-0.2, 0) is 0 Å². The fraction of sp³-hybridized carbons (Fsp3) is 0.938. The van der Waals surface area contributed by atoms with Crippen molar-refractivity contribution in [3.63, 3.8) is 0 Å². The molecule has 0 aliphatic heterocycles. The molecule has 0 saturated carbocycles. The Morgan fingerprint density at radius 1 is 0.895 bits per heavy atom. The molecular weight excluding hydrogens is 234 g/mol. The molecule has 3 heteroatoms. The number of rotatable bonds is 13. The predicted molar refractivity (Wildman–Crippen MR) is 85.3 cm³/mol. The highest BCUT2D eigenvalue weighted by atomic mass is 15.7. The minimum Gasteiger partial charge on any atom is -0.183 e. The van der Waals surface area contributed by atoms with Gasteiger partial charge in [-0.3, -0.25) is 0 Å². The van der Waals surface area contributed by atoms with Crippen LogP contribution in [0.25, 0.3) is 0 Å². The maximum absolute atomic E-state index is 5.71. The summed E-state index contributed by atoms with van der Waals surface area (Å²) in [7, 11) is 0. The normalized spacial score (nSPS) is 10.9. The smallest absolute Gasteiger partial charge is 0.183 e. The van der Waals surface area contributed by atoms with Crippen molar-refractivity contribution >= 4 is 6.72 Å². The molecule has 2 N–H and O–H groups in total. The van der Waals surface area contributed by atoms with E-state index in [4.69, 9.17) is 5.84 Å². The summed E-state index contributed by atoms with van der Waals surface area (Å²) in [5, 5.41) is 2.12. The first-order valence-electron chi connectivity index (χ1n) is 8.21. The van der Waals surface area contributed by atoms with Gasteiger partial charge in [0.05, 0.1) is 12.6 Å². The van der Waals surface area contributed by atoms with E-state index >= 15 is 0 Å². The van der Waals surface area contributed by atoms with Crippen LogP contribution in [0.2, 0.25) is 0 Å². The molecule has 0 rings (SSSR count). The van der Waals surface area contributed by atoms with Gasteiger partial charge in [-0.2, -0.15) is 10.9 Å². The Bertz CT molecular complexity index is 214. The topological polar surface area (TPSA) is 32.3 Å². The van der Waals surface area contributed by atoms with Crippen molar-refractivity contribution in [1.82, 2.24) is 5.01 Å². The van der Waals surface area contributed by atoms with Gasteiger partial charge in [-0.1, -0.05) is 64.7 Å². The third kappa shape index (κ3) is 10.8. The molecule has 0 spiro atoms. The van der Waals surface area contributed by atoms with Crippen LogP contribution in [0.5, 0.6) is 0 Å². The second-order valence-electron chi connectivity index (χ2n) is 5.88. The van der Waals surface area contributed by atoms with Gasteiger partial charge in [0.25, 0.3) is 0 Å². The molecular formula is C16H36N3+. The Labute approximate surface area is 120 Å². The first-order chi connectivity index (χ1) is 9.09. The van der Waals surface area contributed by atoms with Gasteiger partial charge >= 0.3 is 0 Å². The Morgan fingerprint density at radius 2 is 1.32 bits per heavy atom. The quantitative estimate of drug-likeness (QED) is 0.179. The summed E-state index contributed by atoms with van der Waals surface area (Å²) in [5.41, 5.74) is 0. The summed E-state index contributed by atoms with van der Waals surface area (Å²) >= 11 is 0. The average molecular weight is 270 g/mol. The van der Waals surface area contributed by atoms with Gasteiger partial charge in [0.2, 0.25) is 0 Å². The predicted octanol–water partition coefficient (Wildman–Crippen LogP) is 4.12. The van der Waals surface area contributed by atoms with Crippen LogP contribution in [0.1, 0.15) is 85.0 Å². The molecule has 0 atom stereocenters.